The molecular formula is C17H28N4. The van der Waals surface area contributed by atoms with Crippen LogP contribution in [0.25, 0.3) is 0 Å². The van der Waals surface area contributed by atoms with Gasteiger partial charge in [-0.1, -0.05) is 43.9 Å². The van der Waals surface area contributed by atoms with E-state index in [1.54, 1.807) is 0 Å². The highest BCUT2D eigenvalue weighted by atomic mass is 15.1. The largest absolute Gasteiger partial charge is 0.385 e. The Kier molecular flexibility index (Phi) is 6.92. The van der Waals surface area contributed by atoms with Crippen molar-refractivity contribution in [2.75, 3.05) is 18.4 Å². The molecule has 0 saturated heterocycles. The van der Waals surface area contributed by atoms with E-state index in [-0.39, 0.29) is 0 Å². The minimum atomic E-state index is 0.527. The summed E-state index contributed by atoms with van der Waals surface area (Å²) in [6, 6.07) is 10.8. The standard InChI is InChI=1S/C17H28N4/c18-17(21-16-11-4-1-2-5-12-16)20-14-8-13-19-15-9-6-3-7-10-15/h3,6-7,9-10,16,19H,1-2,4-5,8,11-14H2,(H3,18,20,21). The maximum atomic E-state index is 5.97. The van der Waals surface area contributed by atoms with Gasteiger partial charge in [0.25, 0.3) is 0 Å². The molecule has 0 aromatic heterocycles. The van der Waals surface area contributed by atoms with Crippen molar-refractivity contribution in [1.29, 1.82) is 0 Å². The minimum Gasteiger partial charge on any atom is -0.385 e. The quantitative estimate of drug-likeness (QED) is 0.326. The Morgan fingerprint density at radius 1 is 1.10 bits per heavy atom. The summed E-state index contributed by atoms with van der Waals surface area (Å²) in [6.07, 6.45) is 8.79. The highest BCUT2D eigenvalue weighted by molar-refractivity contribution is 5.78. The third kappa shape index (κ3) is 6.52. The fraction of sp³-hybridized carbons (Fsp3) is 0.588. The molecule has 0 bridgehead atoms. The number of nitrogens with two attached hydrogens (primary N) is 1. The van der Waals surface area contributed by atoms with Gasteiger partial charge in [-0.05, 0) is 31.4 Å². The summed E-state index contributed by atoms with van der Waals surface area (Å²) in [5.74, 6) is 0.613. The van der Waals surface area contributed by atoms with E-state index in [0.29, 0.717) is 12.0 Å². The maximum absolute atomic E-state index is 5.97. The van der Waals surface area contributed by atoms with Gasteiger partial charge in [-0.3, -0.25) is 4.99 Å². The molecular weight excluding hydrogens is 260 g/mol. The van der Waals surface area contributed by atoms with E-state index in [1.807, 2.05) is 18.2 Å². The van der Waals surface area contributed by atoms with E-state index >= 15 is 0 Å². The molecule has 116 valence electrons. The van der Waals surface area contributed by atoms with Crippen LogP contribution in [-0.2, 0) is 0 Å². The predicted octanol–water partition coefficient (Wildman–Crippen LogP) is 3.12. The number of hydrogen-bond donors (Lipinski definition) is 3. The van der Waals surface area contributed by atoms with Crippen molar-refractivity contribution in [3.63, 3.8) is 0 Å². The molecule has 4 heteroatoms. The zero-order valence-corrected chi connectivity index (χ0v) is 12.9. The zero-order chi connectivity index (χ0) is 14.8. The van der Waals surface area contributed by atoms with Crippen LogP contribution >= 0.6 is 0 Å². The normalized spacial score (nSPS) is 17.2. The van der Waals surface area contributed by atoms with E-state index in [9.17, 15) is 0 Å². The highest BCUT2D eigenvalue weighted by Gasteiger charge is 2.11. The molecule has 0 heterocycles. The van der Waals surface area contributed by atoms with Crippen molar-refractivity contribution in [1.82, 2.24) is 5.32 Å². The lowest BCUT2D eigenvalue weighted by Gasteiger charge is -2.16. The van der Waals surface area contributed by atoms with Gasteiger partial charge in [0.05, 0.1) is 0 Å². The lowest BCUT2D eigenvalue weighted by molar-refractivity contribution is 0.530. The summed E-state index contributed by atoms with van der Waals surface area (Å²) in [5, 5.41) is 6.75. The van der Waals surface area contributed by atoms with Crippen molar-refractivity contribution >= 4 is 11.6 Å². The number of aliphatic imine (C=N–C) groups is 1. The summed E-state index contributed by atoms with van der Waals surface area (Å²) in [6.45, 7) is 1.69. The smallest absolute Gasteiger partial charge is 0.188 e. The van der Waals surface area contributed by atoms with Crippen LogP contribution in [0.1, 0.15) is 44.9 Å². The average Bonchev–Trinajstić information content (AvgIpc) is 2.76. The van der Waals surface area contributed by atoms with Crippen molar-refractivity contribution in [2.24, 2.45) is 10.7 Å². The fourth-order valence-corrected chi connectivity index (χ4v) is 2.75. The second kappa shape index (κ2) is 9.27. The van der Waals surface area contributed by atoms with E-state index < -0.39 is 0 Å². The van der Waals surface area contributed by atoms with Crippen molar-refractivity contribution in [3.05, 3.63) is 30.3 Å². The molecule has 1 aromatic carbocycles. The molecule has 0 aliphatic heterocycles. The Bertz CT molecular complexity index is 408. The van der Waals surface area contributed by atoms with Gasteiger partial charge in [0.2, 0.25) is 0 Å². The molecule has 1 aliphatic carbocycles. The summed E-state index contributed by atoms with van der Waals surface area (Å²) < 4.78 is 0. The van der Waals surface area contributed by atoms with E-state index in [0.717, 1.165) is 25.2 Å². The van der Waals surface area contributed by atoms with Crippen LogP contribution in [0.4, 0.5) is 5.69 Å². The zero-order valence-electron chi connectivity index (χ0n) is 12.9. The molecule has 2 rings (SSSR count). The Hall–Kier alpha value is -1.71. The van der Waals surface area contributed by atoms with Gasteiger partial charge in [0, 0.05) is 24.8 Å². The molecule has 1 aliphatic rings. The third-order valence-corrected chi connectivity index (χ3v) is 3.93. The monoisotopic (exact) mass is 288 g/mol. The van der Waals surface area contributed by atoms with Crippen molar-refractivity contribution in [3.8, 4) is 0 Å². The minimum absolute atomic E-state index is 0.527. The number of nitrogens with one attached hydrogen (secondary N) is 2. The Balaban J connectivity index is 1.59. The second-order valence-corrected chi connectivity index (χ2v) is 5.75. The van der Waals surface area contributed by atoms with Gasteiger partial charge in [-0.25, -0.2) is 0 Å². The van der Waals surface area contributed by atoms with Gasteiger partial charge in [-0.2, -0.15) is 0 Å². The summed E-state index contributed by atoms with van der Waals surface area (Å²) in [4.78, 5) is 4.42. The van der Waals surface area contributed by atoms with Crippen molar-refractivity contribution < 1.29 is 0 Å². The summed E-state index contributed by atoms with van der Waals surface area (Å²) in [7, 11) is 0. The summed E-state index contributed by atoms with van der Waals surface area (Å²) in [5.41, 5.74) is 7.13. The van der Waals surface area contributed by atoms with Gasteiger partial charge in [-0.15, -0.1) is 0 Å². The lowest BCUT2D eigenvalue weighted by atomic mass is 10.1. The molecule has 4 N–H and O–H groups in total. The molecule has 0 amide bonds. The van der Waals surface area contributed by atoms with Crippen LogP contribution in [0, 0.1) is 0 Å². The van der Waals surface area contributed by atoms with E-state index in [1.165, 1.54) is 38.5 Å². The number of para-hydroxylation sites is 1. The van der Waals surface area contributed by atoms with Crippen LogP contribution in [0.3, 0.4) is 0 Å². The first kappa shape index (κ1) is 15.7. The van der Waals surface area contributed by atoms with Crippen LogP contribution in [0.2, 0.25) is 0 Å². The van der Waals surface area contributed by atoms with Crippen LogP contribution < -0.4 is 16.4 Å². The molecule has 0 radical (unpaired) electrons. The SMILES string of the molecule is NC(=NCCCNc1ccccc1)NC1CCCCCC1. The molecule has 0 atom stereocenters. The number of nitrogens with zero attached hydrogens (tertiary/aromatic N) is 1. The topological polar surface area (TPSA) is 62.4 Å². The number of anilines is 1. The van der Waals surface area contributed by atoms with E-state index in [4.69, 9.17) is 5.73 Å². The average molecular weight is 288 g/mol. The van der Waals surface area contributed by atoms with Gasteiger partial charge < -0.3 is 16.4 Å². The lowest BCUT2D eigenvalue weighted by Crippen LogP contribution is -2.39. The number of benzene rings is 1. The first-order valence-electron chi connectivity index (χ1n) is 8.20. The molecule has 21 heavy (non-hydrogen) atoms. The Morgan fingerprint density at radius 2 is 1.81 bits per heavy atom. The first-order chi connectivity index (χ1) is 10.3. The number of hydrogen-bond acceptors (Lipinski definition) is 2. The van der Waals surface area contributed by atoms with Gasteiger partial charge in [0.1, 0.15) is 0 Å². The fourth-order valence-electron chi connectivity index (χ4n) is 2.75. The highest BCUT2D eigenvalue weighted by Crippen LogP contribution is 2.16. The molecule has 4 nitrogen and oxygen atoms in total. The predicted molar refractivity (Wildman–Crippen MR) is 90.7 cm³/mol. The third-order valence-electron chi connectivity index (χ3n) is 3.93. The maximum Gasteiger partial charge on any atom is 0.188 e. The second-order valence-electron chi connectivity index (χ2n) is 5.75. The van der Waals surface area contributed by atoms with Crippen LogP contribution in [0.15, 0.2) is 35.3 Å². The van der Waals surface area contributed by atoms with Gasteiger partial charge >= 0.3 is 0 Å². The molecule has 1 fully saturated rings. The summed E-state index contributed by atoms with van der Waals surface area (Å²) >= 11 is 0. The van der Waals surface area contributed by atoms with Gasteiger partial charge in [0.15, 0.2) is 5.96 Å². The first-order valence-corrected chi connectivity index (χ1v) is 8.20. The molecule has 1 aromatic rings. The Labute approximate surface area is 128 Å². The van der Waals surface area contributed by atoms with Crippen LogP contribution in [0.5, 0.6) is 0 Å². The van der Waals surface area contributed by atoms with Crippen LogP contribution in [-0.4, -0.2) is 25.1 Å². The number of guanidine groups is 1. The van der Waals surface area contributed by atoms with Crippen molar-refractivity contribution in [2.45, 2.75) is 51.0 Å². The number of rotatable bonds is 6. The molecule has 0 unspecified atom stereocenters. The molecule has 1 saturated carbocycles. The molecule has 0 spiro atoms. The Morgan fingerprint density at radius 3 is 2.52 bits per heavy atom. The van der Waals surface area contributed by atoms with E-state index in [2.05, 4.69) is 27.8 Å².